The molecule has 4 unspecified atom stereocenters. The second-order valence-corrected chi connectivity index (χ2v) is 12.6. The number of benzene rings is 2. The number of nitrogens with zero attached hydrogens (tertiary/aromatic N) is 1. The minimum absolute atomic E-state index is 0.0280. The zero-order valence-corrected chi connectivity index (χ0v) is 21.5. The van der Waals surface area contributed by atoms with E-state index in [2.05, 4.69) is 45.5 Å². The molecule has 2 aromatic carbocycles. The summed E-state index contributed by atoms with van der Waals surface area (Å²) in [7, 11) is 0. The Morgan fingerprint density at radius 1 is 1.15 bits per heavy atom. The Bertz CT molecular complexity index is 1300. The van der Waals surface area contributed by atoms with Gasteiger partial charge in [0.15, 0.2) is 0 Å². The highest BCUT2D eigenvalue weighted by atomic mass is 79.9. The van der Waals surface area contributed by atoms with Gasteiger partial charge in [0.05, 0.1) is 5.03 Å². The Balaban J connectivity index is 1.38. The Morgan fingerprint density at radius 3 is 2.79 bits per heavy atom. The highest BCUT2D eigenvalue weighted by Gasteiger charge is 2.55. The van der Waals surface area contributed by atoms with Crippen LogP contribution in [0.5, 0.6) is 0 Å². The molecule has 33 heavy (non-hydrogen) atoms. The number of aromatic nitrogens is 1. The van der Waals surface area contributed by atoms with E-state index in [1.165, 1.54) is 36.2 Å². The molecular formula is C26H25BrN2O2S2. The molecule has 2 aliphatic carbocycles. The minimum Gasteiger partial charge on any atom is -0.324 e. The van der Waals surface area contributed by atoms with E-state index >= 15 is 0 Å². The maximum Gasteiger partial charge on any atom is 0.308 e. The van der Waals surface area contributed by atoms with Gasteiger partial charge in [0.25, 0.3) is 0 Å². The van der Waals surface area contributed by atoms with Gasteiger partial charge >= 0.3 is 4.87 Å². The van der Waals surface area contributed by atoms with Gasteiger partial charge in [0, 0.05) is 26.2 Å². The van der Waals surface area contributed by atoms with E-state index in [0.29, 0.717) is 11.2 Å². The van der Waals surface area contributed by atoms with Crippen LogP contribution < -0.4 is 10.2 Å². The second kappa shape index (κ2) is 8.43. The lowest BCUT2D eigenvalue weighted by Gasteiger charge is -2.40. The van der Waals surface area contributed by atoms with Crippen LogP contribution in [0.4, 0.5) is 5.69 Å². The summed E-state index contributed by atoms with van der Waals surface area (Å²) in [6.07, 6.45) is 3.90. The maximum absolute atomic E-state index is 13.2. The molecule has 170 valence electrons. The van der Waals surface area contributed by atoms with E-state index in [1.807, 2.05) is 43.0 Å². The average Bonchev–Trinajstić information content (AvgIpc) is 3.48. The fourth-order valence-corrected chi connectivity index (χ4v) is 9.77. The van der Waals surface area contributed by atoms with Crippen molar-refractivity contribution in [2.45, 2.75) is 48.9 Å². The van der Waals surface area contributed by atoms with Gasteiger partial charge in [-0.25, -0.2) is 0 Å². The summed E-state index contributed by atoms with van der Waals surface area (Å²) in [6, 6.07) is 16.3. The van der Waals surface area contributed by atoms with Crippen LogP contribution in [-0.4, -0.2) is 15.7 Å². The quantitative estimate of drug-likeness (QED) is 0.424. The molecule has 1 aromatic heterocycles. The summed E-state index contributed by atoms with van der Waals surface area (Å²) in [5.74, 6) is 2.11. The Kier molecular flexibility index (Phi) is 5.54. The fourth-order valence-electron chi connectivity index (χ4n) is 6.21. The van der Waals surface area contributed by atoms with E-state index in [0.717, 1.165) is 37.5 Å². The van der Waals surface area contributed by atoms with E-state index in [-0.39, 0.29) is 23.2 Å². The van der Waals surface area contributed by atoms with Crippen molar-refractivity contribution in [2.24, 2.45) is 17.8 Å². The third-order valence-electron chi connectivity index (χ3n) is 7.62. The van der Waals surface area contributed by atoms with Crippen LogP contribution in [0.2, 0.25) is 0 Å². The lowest BCUT2D eigenvalue weighted by atomic mass is 9.75. The summed E-state index contributed by atoms with van der Waals surface area (Å²) in [5, 5.41) is 4.54. The van der Waals surface area contributed by atoms with Crippen molar-refractivity contribution >= 4 is 50.6 Å². The summed E-state index contributed by atoms with van der Waals surface area (Å²) < 4.78 is 2.80. The molecule has 4 nitrogen and oxygen atoms in total. The number of para-hydroxylation sites is 1. The number of carbonyl (C=O) groups excluding carboxylic acids is 1. The monoisotopic (exact) mass is 540 g/mol. The molecular weight excluding hydrogens is 516 g/mol. The summed E-state index contributed by atoms with van der Waals surface area (Å²) in [4.78, 5) is 27.2. The van der Waals surface area contributed by atoms with E-state index in [9.17, 15) is 9.59 Å². The summed E-state index contributed by atoms with van der Waals surface area (Å²) in [5.41, 5.74) is 3.10. The number of amides is 1. The van der Waals surface area contributed by atoms with Crippen LogP contribution >= 0.6 is 39.0 Å². The predicted octanol–water partition coefficient (Wildman–Crippen LogP) is 6.27. The zero-order chi connectivity index (χ0) is 22.7. The third-order valence-corrected chi connectivity index (χ3v) is 10.9. The van der Waals surface area contributed by atoms with E-state index in [1.54, 1.807) is 4.57 Å². The number of hydrogen-bond acceptors (Lipinski definition) is 4. The van der Waals surface area contributed by atoms with Crippen molar-refractivity contribution < 1.29 is 4.79 Å². The molecule has 6 rings (SSSR count). The molecule has 3 aliphatic rings. The highest BCUT2D eigenvalue weighted by molar-refractivity contribution is 9.10. The molecule has 1 N–H and O–H groups in total. The predicted molar refractivity (Wildman–Crippen MR) is 138 cm³/mol. The molecule has 7 heteroatoms. The molecule has 2 heterocycles. The van der Waals surface area contributed by atoms with Gasteiger partial charge in [-0.3, -0.25) is 14.2 Å². The van der Waals surface area contributed by atoms with Gasteiger partial charge in [-0.2, -0.15) is 0 Å². The normalized spacial score (nSPS) is 27.3. The van der Waals surface area contributed by atoms with Gasteiger partial charge < -0.3 is 5.32 Å². The molecule has 0 spiro atoms. The van der Waals surface area contributed by atoms with Crippen LogP contribution in [0.3, 0.4) is 0 Å². The minimum atomic E-state index is -0.151. The van der Waals surface area contributed by atoms with Crippen LogP contribution in [-0.2, 0) is 11.3 Å². The molecule has 3 aromatic rings. The highest BCUT2D eigenvalue weighted by Crippen LogP contribution is 2.64. The first-order chi connectivity index (χ1) is 16.0. The van der Waals surface area contributed by atoms with Crippen LogP contribution in [0.15, 0.2) is 62.8 Å². The molecule has 0 saturated heterocycles. The number of carbonyl (C=O) groups is 1. The van der Waals surface area contributed by atoms with Crippen molar-refractivity contribution in [3.8, 4) is 0 Å². The maximum atomic E-state index is 13.2. The number of fused-ring (bicyclic) bond motifs is 6. The first kappa shape index (κ1) is 21.7. The average molecular weight is 542 g/mol. The smallest absolute Gasteiger partial charge is 0.308 e. The number of anilines is 1. The van der Waals surface area contributed by atoms with Crippen molar-refractivity contribution in [1.29, 1.82) is 0 Å². The first-order valence-corrected chi connectivity index (χ1v) is 14.0. The molecule has 2 bridgehead atoms. The molecule has 2 saturated carbocycles. The third kappa shape index (κ3) is 3.72. The van der Waals surface area contributed by atoms with Gasteiger partial charge in [-0.1, -0.05) is 57.6 Å². The topological polar surface area (TPSA) is 51.1 Å². The SMILES string of the molecule is Cc1ccccc1NC(=O)Cn1c2c(sc1=O)[C@H](c1cccc(Br)c1)C1C3CCC(C3)C1S2. The lowest BCUT2D eigenvalue weighted by Crippen LogP contribution is -2.34. The van der Waals surface area contributed by atoms with Crippen molar-refractivity contribution in [2.75, 3.05) is 5.32 Å². The number of thioether (sulfide) groups is 1. The number of rotatable bonds is 4. The zero-order valence-electron chi connectivity index (χ0n) is 18.3. The van der Waals surface area contributed by atoms with E-state index in [4.69, 9.17) is 0 Å². The number of nitrogens with one attached hydrogen (secondary N) is 1. The van der Waals surface area contributed by atoms with Crippen LogP contribution in [0.25, 0.3) is 0 Å². The summed E-state index contributed by atoms with van der Waals surface area (Å²) in [6.45, 7) is 2.03. The molecule has 1 aliphatic heterocycles. The second-order valence-electron chi connectivity index (χ2n) is 9.51. The Labute approximate surface area is 209 Å². The largest absolute Gasteiger partial charge is 0.324 e. The van der Waals surface area contributed by atoms with Gasteiger partial charge in [0.2, 0.25) is 5.91 Å². The standard InChI is InChI=1S/C26H25BrN2O2S2/c1-14-5-2-3-8-19(14)28-20(30)13-29-25-24(33-26(29)31)22(15-6-4-7-18(27)12-15)21-16-9-10-17(11-16)23(21)32-25/h2-8,12,16-17,21-23H,9-11,13H2,1H3,(H,28,30)/t16?,17?,21?,22-,23?/m1/s1. The fraction of sp³-hybridized carbons (Fsp3) is 0.385. The van der Waals surface area contributed by atoms with Gasteiger partial charge in [-0.05, 0) is 73.3 Å². The number of thiazole rings is 1. The van der Waals surface area contributed by atoms with Crippen molar-refractivity contribution in [3.63, 3.8) is 0 Å². The van der Waals surface area contributed by atoms with E-state index < -0.39 is 0 Å². The molecule has 2 fully saturated rings. The van der Waals surface area contributed by atoms with Crippen molar-refractivity contribution in [1.82, 2.24) is 4.57 Å². The molecule has 1 amide bonds. The number of aryl methyl sites for hydroxylation is 1. The van der Waals surface area contributed by atoms with Crippen molar-refractivity contribution in [3.05, 3.63) is 78.7 Å². The molecule has 5 atom stereocenters. The number of hydrogen-bond donors (Lipinski definition) is 1. The summed E-state index contributed by atoms with van der Waals surface area (Å²) >= 11 is 6.87. The Hall–Kier alpha value is -1.83. The van der Waals surface area contributed by atoms with Crippen LogP contribution in [0, 0.1) is 24.7 Å². The number of halogens is 1. The van der Waals surface area contributed by atoms with Gasteiger partial charge in [-0.15, -0.1) is 11.8 Å². The van der Waals surface area contributed by atoms with Gasteiger partial charge in [0.1, 0.15) is 6.54 Å². The lowest BCUT2D eigenvalue weighted by molar-refractivity contribution is -0.116. The molecule has 0 radical (unpaired) electrons. The first-order valence-electron chi connectivity index (χ1n) is 11.5. The Morgan fingerprint density at radius 2 is 1.97 bits per heavy atom. The van der Waals surface area contributed by atoms with Crippen LogP contribution in [0.1, 0.15) is 41.2 Å².